The second-order valence-corrected chi connectivity index (χ2v) is 4.51. The lowest BCUT2D eigenvalue weighted by molar-refractivity contribution is 0.376. The molecule has 100 valence electrons. The Hall–Kier alpha value is -2.27. The van der Waals surface area contributed by atoms with Gasteiger partial charge in [0.1, 0.15) is 5.82 Å². The van der Waals surface area contributed by atoms with E-state index in [0.717, 1.165) is 16.5 Å². The third-order valence-corrected chi connectivity index (χ3v) is 3.07. The van der Waals surface area contributed by atoms with Gasteiger partial charge in [0.25, 0.3) is 0 Å². The topological polar surface area (TPSA) is 60.8 Å². The summed E-state index contributed by atoms with van der Waals surface area (Å²) in [7, 11) is 1.50. The molecule has 0 saturated carbocycles. The van der Waals surface area contributed by atoms with Crippen LogP contribution in [0.2, 0.25) is 5.28 Å². The van der Waals surface area contributed by atoms with Crippen molar-refractivity contribution in [3.63, 3.8) is 0 Å². The first-order valence-electron chi connectivity index (χ1n) is 6.03. The number of aromatic nitrogens is 4. The molecule has 0 saturated heterocycles. The van der Waals surface area contributed by atoms with E-state index in [-0.39, 0.29) is 11.3 Å². The minimum atomic E-state index is 0.130. The molecule has 3 aromatic rings. The van der Waals surface area contributed by atoms with Gasteiger partial charge in [-0.1, -0.05) is 18.2 Å². The number of methoxy groups -OCH3 is 1. The van der Waals surface area contributed by atoms with Crippen LogP contribution >= 0.6 is 11.6 Å². The van der Waals surface area contributed by atoms with Crippen molar-refractivity contribution in [3.8, 4) is 6.01 Å². The van der Waals surface area contributed by atoms with Gasteiger partial charge >= 0.3 is 6.01 Å². The highest BCUT2D eigenvalue weighted by Gasteiger charge is 2.08. The van der Waals surface area contributed by atoms with Gasteiger partial charge in [0.15, 0.2) is 0 Å². The Morgan fingerprint density at radius 1 is 1.10 bits per heavy atom. The zero-order valence-electron chi connectivity index (χ0n) is 10.7. The van der Waals surface area contributed by atoms with Crippen LogP contribution in [0.1, 0.15) is 11.4 Å². The van der Waals surface area contributed by atoms with Gasteiger partial charge in [0.05, 0.1) is 12.6 Å². The van der Waals surface area contributed by atoms with Crippen molar-refractivity contribution in [2.45, 2.75) is 6.42 Å². The van der Waals surface area contributed by atoms with Gasteiger partial charge in [-0.2, -0.15) is 9.97 Å². The van der Waals surface area contributed by atoms with Gasteiger partial charge in [-0.15, -0.1) is 0 Å². The maximum Gasteiger partial charge on any atom is 0.320 e. The van der Waals surface area contributed by atoms with Crippen LogP contribution in [0.25, 0.3) is 10.9 Å². The van der Waals surface area contributed by atoms with E-state index in [0.29, 0.717) is 12.2 Å². The summed E-state index contributed by atoms with van der Waals surface area (Å²) in [5, 5.41) is 1.20. The van der Waals surface area contributed by atoms with E-state index in [2.05, 4.69) is 19.9 Å². The summed E-state index contributed by atoms with van der Waals surface area (Å²) in [6.45, 7) is 0. The molecule has 0 radical (unpaired) electrons. The van der Waals surface area contributed by atoms with Crippen LogP contribution in [0.15, 0.2) is 36.5 Å². The van der Waals surface area contributed by atoms with Crippen LogP contribution < -0.4 is 4.74 Å². The molecule has 20 heavy (non-hydrogen) atoms. The summed E-state index contributed by atoms with van der Waals surface area (Å²) in [6.07, 6.45) is 2.32. The number of rotatable bonds is 3. The van der Waals surface area contributed by atoms with Gasteiger partial charge < -0.3 is 4.74 Å². The van der Waals surface area contributed by atoms with E-state index < -0.39 is 0 Å². The van der Waals surface area contributed by atoms with Gasteiger partial charge in [0, 0.05) is 18.0 Å². The monoisotopic (exact) mass is 286 g/mol. The SMILES string of the molecule is COc1nc(Cl)nc(Cc2ccnc3ccccc23)n1. The molecule has 0 N–H and O–H groups in total. The molecule has 0 unspecified atom stereocenters. The highest BCUT2D eigenvalue weighted by atomic mass is 35.5. The highest BCUT2D eigenvalue weighted by molar-refractivity contribution is 6.28. The average molecular weight is 287 g/mol. The quantitative estimate of drug-likeness (QED) is 0.741. The molecule has 0 amide bonds. The van der Waals surface area contributed by atoms with E-state index in [1.165, 1.54) is 7.11 Å². The van der Waals surface area contributed by atoms with Gasteiger partial charge in [0.2, 0.25) is 5.28 Å². The van der Waals surface area contributed by atoms with Crippen LogP contribution in [-0.2, 0) is 6.42 Å². The maximum absolute atomic E-state index is 5.86. The summed E-state index contributed by atoms with van der Waals surface area (Å²) >= 11 is 5.86. The minimum absolute atomic E-state index is 0.130. The number of hydrogen-bond donors (Lipinski definition) is 0. The Morgan fingerprint density at radius 2 is 1.95 bits per heavy atom. The molecule has 2 heterocycles. The number of nitrogens with zero attached hydrogens (tertiary/aromatic N) is 4. The number of benzene rings is 1. The Balaban J connectivity index is 2.03. The molecule has 2 aromatic heterocycles. The van der Waals surface area contributed by atoms with Gasteiger partial charge in [-0.05, 0) is 29.3 Å². The molecule has 0 aliphatic heterocycles. The van der Waals surface area contributed by atoms with Crippen molar-refractivity contribution in [1.29, 1.82) is 0 Å². The molecule has 3 rings (SSSR count). The summed E-state index contributed by atoms with van der Waals surface area (Å²) in [6, 6.07) is 10.1. The fraction of sp³-hybridized carbons (Fsp3) is 0.143. The average Bonchev–Trinajstić information content (AvgIpc) is 2.47. The highest BCUT2D eigenvalue weighted by Crippen LogP contribution is 2.19. The third-order valence-electron chi connectivity index (χ3n) is 2.90. The summed E-state index contributed by atoms with van der Waals surface area (Å²) in [5.41, 5.74) is 2.03. The zero-order valence-corrected chi connectivity index (χ0v) is 11.5. The second-order valence-electron chi connectivity index (χ2n) is 4.17. The lowest BCUT2D eigenvalue weighted by Crippen LogP contribution is -2.02. The van der Waals surface area contributed by atoms with Gasteiger partial charge in [-0.3, -0.25) is 4.98 Å². The van der Waals surface area contributed by atoms with E-state index in [1.54, 1.807) is 6.20 Å². The third kappa shape index (κ3) is 2.53. The number of pyridine rings is 1. The molecule has 0 spiro atoms. The normalized spacial score (nSPS) is 10.7. The number of para-hydroxylation sites is 1. The Kier molecular flexibility index (Phi) is 3.43. The van der Waals surface area contributed by atoms with Gasteiger partial charge in [-0.25, -0.2) is 4.98 Å². The van der Waals surface area contributed by atoms with Crippen LogP contribution in [0.5, 0.6) is 6.01 Å². The largest absolute Gasteiger partial charge is 0.467 e. The van der Waals surface area contributed by atoms with Crippen LogP contribution in [-0.4, -0.2) is 27.0 Å². The van der Waals surface area contributed by atoms with E-state index in [9.17, 15) is 0 Å². The smallest absolute Gasteiger partial charge is 0.320 e. The predicted molar refractivity (Wildman–Crippen MR) is 75.9 cm³/mol. The first-order valence-corrected chi connectivity index (χ1v) is 6.41. The van der Waals surface area contributed by atoms with Crippen LogP contribution in [0.4, 0.5) is 0 Å². The Bertz CT molecular complexity index is 758. The molecular formula is C14H11ClN4O. The molecule has 0 aliphatic carbocycles. The predicted octanol–water partition coefficient (Wildman–Crippen LogP) is 2.67. The fourth-order valence-corrected chi connectivity index (χ4v) is 2.19. The van der Waals surface area contributed by atoms with Crippen molar-refractivity contribution in [2.75, 3.05) is 7.11 Å². The molecule has 0 bridgehead atoms. The molecule has 0 aliphatic rings. The number of hydrogen-bond acceptors (Lipinski definition) is 5. The number of ether oxygens (including phenoxy) is 1. The maximum atomic E-state index is 5.86. The summed E-state index contributed by atoms with van der Waals surface area (Å²) in [4.78, 5) is 16.5. The van der Waals surface area contributed by atoms with Crippen LogP contribution in [0.3, 0.4) is 0 Å². The standard InChI is InChI=1S/C14H11ClN4O/c1-20-14-18-12(17-13(15)19-14)8-9-6-7-16-11-5-3-2-4-10(9)11/h2-7H,8H2,1H3. The number of halogens is 1. The minimum Gasteiger partial charge on any atom is -0.467 e. The zero-order chi connectivity index (χ0) is 13.9. The Morgan fingerprint density at radius 3 is 2.80 bits per heavy atom. The van der Waals surface area contributed by atoms with E-state index >= 15 is 0 Å². The molecule has 0 fully saturated rings. The van der Waals surface area contributed by atoms with Crippen molar-refractivity contribution < 1.29 is 4.74 Å². The molecule has 5 nitrogen and oxygen atoms in total. The Labute approximate surface area is 120 Å². The van der Waals surface area contributed by atoms with Crippen molar-refractivity contribution in [3.05, 3.63) is 53.2 Å². The molecular weight excluding hydrogens is 276 g/mol. The van der Waals surface area contributed by atoms with Crippen molar-refractivity contribution >= 4 is 22.5 Å². The first kappa shape index (κ1) is 12.7. The van der Waals surface area contributed by atoms with Crippen LogP contribution in [0, 0.1) is 0 Å². The summed E-state index contributed by atoms with van der Waals surface area (Å²) in [5.74, 6) is 0.568. The lowest BCUT2D eigenvalue weighted by Gasteiger charge is -2.06. The van der Waals surface area contributed by atoms with Crippen molar-refractivity contribution in [1.82, 2.24) is 19.9 Å². The fourth-order valence-electron chi connectivity index (χ4n) is 2.02. The molecule has 1 aromatic carbocycles. The molecule has 0 atom stereocenters. The second kappa shape index (κ2) is 5.38. The number of fused-ring (bicyclic) bond motifs is 1. The van der Waals surface area contributed by atoms with E-state index in [4.69, 9.17) is 16.3 Å². The lowest BCUT2D eigenvalue weighted by atomic mass is 10.1. The molecule has 6 heteroatoms. The van der Waals surface area contributed by atoms with Crippen molar-refractivity contribution in [2.24, 2.45) is 0 Å². The first-order chi connectivity index (χ1) is 9.76. The summed E-state index contributed by atoms with van der Waals surface area (Å²) < 4.78 is 5.00. The van der Waals surface area contributed by atoms with E-state index in [1.807, 2.05) is 30.3 Å².